The second-order valence-corrected chi connectivity index (χ2v) is 6.70. The van der Waals surface area contributed by atoms with Gasteiger partial charge in [-0.15, -0.1) is 0 Å². The third-order valence-electron chi connectivity index (χ3n) is 4.76. The number of halogens is 1. The molecule has 2 aromatic carbocycles. The first kappa shape index (κ1) is 16.5. The minimum atomic E-state index is -0.224. The summed E-state index contributed by atoms with van der Waals surface area (Å²) in [7, 11) is 3.51. The zero-order valence-electron chi connectivity index (χ0n) is 14.6. The molecule has 0 radical (unpaired) electrons. The number of phenols is 1. The summed E-state index contributed by atoms with van der Waals surface area (Å²) in [6.07, 6.45) is 1.76. The van der Waals surface area contributed by atoms with Crippen LogP contribution < -0.4 is 10.1 Å². The molecule has 5 nitrogen and oxygen atoms in total. The first-order valence-corrected chi connectivity index (χ1v) is 8.47. The van der Waals surface area contributed by atoms with Gasteiger partial charge < -0.3 is 19.7 Å². The number of hydrogen-bond donors (Lipinski definition) is 2. The quantitative estimate of drug-likeness (QED) is 0.522. The van der Waals surface area contributed by atoms with Crippen LogP contribution in [0.25, 0.3) is 22.6 Å². The molecule has 0 bridgehead atoms. The Labute approximate surface area is 155 Å². The van der Waals surface area contributed by atoms with E-state index in [1.165, 1.54) is 0 Å². The summed E-state index contributed by atoms with van der Waals surface area (Å²) in [5.74, 6) is 0.638. The highest BCUT2D eigenvalue weighted by molar-refractivity contribution is 6.38. The molecular weight excluding hydrogens is 352 g/mol. The molecular formula is C20H17ClN2O3. The van der Waals surface area contributed by atoms with Crippen LogP contribution in [0.4, 0.5) is 5.69 Å². The molecule has 1 aliphatic heterocycles. The number of aromatic nitrogens is 1. The lowest BCUT2D eigenvalue weighted by atomic mass is 10.0. The van der Waals surface area contributed by atoms with Gasteiger partial charge in [0.05, 0.1) is 12.6 Å². The van der Waals surface area contributed by atoms with Crippen molar-refractivity contribution < 1.29 is 14.6 Å². The number of nitrogens with one attached hydrogen (secondary N) is 1. The van der Waals surface area contributed by atoms with E-state index < -0.39 is 0 Å². The van der Waals surface area contributed by atoms with Gasteiger partial charge in [-0.25, -0.2) is 0 Å². The van der Waals surface area contributed by atoms with E-state index in [9.17, 15) is 9.90 Å². The summed E-state index contributed by atoms with van der Waals surface area (Å²) in [5.41, 5.74) is 4.49. The van der Waals surface area contributed by atoms with Gasteiger partial charge in [0.2, 0.25) is 0 Å². The van der Waals surface area contributed by atoms with Gasteiger partial charge in [0.1, 0.15) is 16.7 Å². The predicted molar refractivity (Wildman–Crippen MR) is 104 cm³/mol. The van der Waals surface area contributed by atoms with Gasteiger partial charge in [0.15, 0.2) is 0 Å². The summed E-state index contributed by atoms with van der Waals surface area (Å²) in [6, 6.07) is 8.74. The highest BCUT2D eigenvalue weighted by atomic mass is 35.5. The third-order valence-corrected chi connectivity index (χ3v) is 5.21. The lowest BCUT2D eigenvalue weighted by Gasteiger charge is -2.06. The SMILES string of the molecule is COc1cc2c(/C=C3/C(=O)Nc4ccc(O)cc43)c(Cl)n(C)c2cc1C. The van der Waals surface area contributed by atoms with Gasteiger partial charge in [-0.2, -0.15) is 0 Å². The van der Waals surface area contributed by atoms with E-state index in [1.807, 2.05) is 30.7 Å². The molecule has 0 fully saturated rings. The van der Waals surface area contributed by atoms with Crippen molar-refractivity contribution in [2.75, 3.05) is 12.4 Å². The van der Waals surface area contributed by atoms with Crippen molar-refractivity contribution in [2.45, 2.75) is 6.92 Å². The first-order chi connectivity index (χ1) is 12.4. The maximum absolute atomic E-state index is 12.4. The molecule has 2 N–H and O–H groups in total. The molecule has 3 aromatic rings. The number of rotatable bonds is 2. The molecule has 0 unspecified atom stereocenters. The Balaban J connectivity index is 1.99. The lowest BCUT2D eigenvalue weighted by Crippen LogP contribution is -2.03. The normalized spacial score (nSPS) is 14.8. The number of anilines is 1. The molecule has 132 valence electrons. The molecule has 6 heteroatoms. The Bertz CT molecular complexity index is 1110. The van der Waals surface area contributed by atoms with E-state index >= 15 is 0 Å². The Morgan fingerprint density at radius 1 is 1.27 bits per heavy atom. The molecule has 26 heavy (non-hydrogen) atoms. The molecule has 1 aliphatic rings. The molecule has 4 rings (SSSR count). The van der Waals surface area contributed by atoms with Gasteiger partial charge in [0.25, 0.3) is 5.91 Å². The Hall–Kier alpha value is -2.92. The molecule has 0 saturated carbocycles. The van der Waals surface area contributed by atoms with Crippen LogP contribution in [0.3, 0.4) is 0 Å². The summed E-state index contributed by atoms with van der Waals surface area (Å²) >= 11 is 6.57. The number of fused-ring (bicyclic) bond motifs is 2. The number of carbonyl (C=O) groups excluding carboxylic acids is 1. The fourth-order valence-electron chi connectivity index (χ4n) is 3.38. The number of hydrogen-bond acceptors (Lipinski definition) is 3. The van der Waals surface area contributed by atoms with Crippen LogP contribution in [0.5, 0.6) is 11.5 Å². The van der Waals surface area contributed by atoms with E-state index in [0.717, 1.165) is 27.8 Å². The van der Waals surface area contributed by atoms with Gasteiger partial charge in [-0.3, -0.25) is 4.79 Å². The van der Waals surface area contributed by atoms with Crippen LogP contribution in [0.2, 0.25) is 5.15 Å². The van der Waals surface area contributed by atoms with Gasteiger partial charge in [0, 0.05) is 34.8 Å². The van der Waals surface area contributed by atoms with Gasteiger partial charge in [-0.1, -0.05) is 11.6 Å². The van der Waals surface area contributed by atoms with Crippen LogP contribution in [0, 0.1) is 6.92 Å². The molecule has 1 aromatic heterocycles. The summed E-state index contributed by atoms with van der Waals surface area (Å²) < 4.78 is 7.32. The number of benzene rings is 2. The fourth-order valence-corrected chi connectivity index (χ4v) is 3.63. The van der Waals surface area contributed by atoms with Crippen molar-refractivity contribution in [3.8, 4) is 11.5 Å². The van der Waals surface area contributed by atoms with Gasteiger partial charge in [-0.05, 0) is 48.9 Å². The monoisotopic (exact) mass is 368 g/mol. The average Bonchev–Trinajstić information content (AvgIpc) is 3.04. The van der Waals surface area contributed by atoms with E-state index in [1.54, 1.807) is 31.4 Å². The maximum Gasteiger partial charge on any atom is 0.256 e. The van der Waals surface area contributed by atoms with Crippen LogP contribution in [0.1, 0.15) is 16.7 Å². The van der Waals surface area contributed by atoms with E-state index in [-0.39, 0.29) is 11.7 Å². The molecule has 0 atom stereocenters. The summed E-state index contributed by atoms with van der Waals surface area (Å²) in [6.45, 7) is 1.97. The van der Waals surface area contributed by atoms with Crippen molar-refractivity contribution in [3.63, 3.8) is 0 Å². The minimum Gasteiger partial charge on any atom is -0.508 e. The number of amides is 1. The Kier molecular flexibility index (Phi) is 3.70. The zero-order valence-corrected chi connectivity index (χ0v) is 15.3. The topological polar surface area (TPSA) is 63.5 Å². The van der Waals surface area contributed by atoms with Crippen molar-refractivity contribution in [3.05, 3.63) is 52.2 Å². The number of aryl methyl sites for hydroxylation is 2. The highest BCUT2D eigenvalue weighted by Gasteiger charge is 2.26. The van der Waals surface area contributed by atoms with Crippen molar-refractivity contribution in [1.29, 1.82) is 0 Å². The number of carbonyl (C=O) groups is 1. The fraction of sp³-hybridized carbons (Fsp3) is 0.150. The van der Waals surface area contributed by atoms with Crippen molar-refractivity contribution >= 4 is 45.7 Å². The molecule has 0 saturated heterocycles. The summed E-state index contributed by atoms with van der Waals surface area (Å²) in [4.78, 5) is 12.4. The largest absolute Gasteiger partial charge is 0.508 e. The highest BCUT2D eigenvalue weighted by Crippen LogP contribution is 2.39. The average molecular weight is 369 g/mol. The first-order valence-electron chi connectivity index (χ1n) is 8.09. The number of aromatic hydroxyl groups is 1. The second kappa shape index (κ2) is 5.81. The minimum absolute atomic E-state index is 0.104. The third kappa shape index (κ3) is 2.35. The number of phenolic OH excluding ortho intramolecular Hbond substituents is 1. The van der Waals surface area contributed by atoms with E-state index in [0.29, 0.717) is 22.0 Å². The molecule has 1 amide bonds. The van der Waals surface area contributed by atoms with Crippen LogP contribution in [-0.2, 0) is 11.8 Å². The molecule has 0 aliphatic carbocycles. The summed E-state index contributed by atoms with van der Waals surface area (Å²) in [5, 5.41) is 14.0. The Morgan fingerprint density at radius 3 is 2.77 bits per heavy atom. The van der Waals surface area contributed by atoms with E-state index in [2.05, 4.69) is 5.32 Å². The van der Waals surface area contributed by atoms with Crippen LogP contribution in [-0.4, -0.2) is 22.7 Å². The zero-order chi connectivity index (χ0) is 18.6. The smallest absolute Gasteiger partial charge is 0.256 e. The standard InChI is InChI=1S/C20H17ClN2O3/c1-10-6-17-13(9-18(10)26-3)14(19(21)23(17)2)8-15-12-7-11(24)4-5-16(12)22-20(15)25/h4-9,24H,1-3H3,(H,22,25)/b15-8+. The number of nitrogens with zero attached hydrogens (tertiary/aromatic N) is 1. The predicted octanol–water partition coefficient (Wildman–Crippen LogP) is 4.35. The van der Waals surface area contributed by atoms with Crippen LogP contribution in [0.15, 0.2) is 30.3 Å². The second-order valence-electron chi connectivity index (χ2n) is 6.34. The van der Waals surface area contributed by atoms with Crippen molar-refractivity contribution in [1.82, 2.24) is 4.57 Å². The molecule has 0 spiro atoms. The lowest BCUT2D eigenvalue weighted by molar-refractivity contribution is -0.110. The van der Waals surface area contributed by atoms with E-state index in [4.69, 9.17) is 16.3 Å². The Morgan fingerprint density at radius 2 is 2.04 bits per heavy atom. The number of ether oxygens (including phenoxy) is 1. The van der Waals surface area contributed by atoms with Gasteiger partial charge >= 0.3 is 0 Å². The van der Waals surface area contributed by atoms with Crippen molar-refractivity contribution in [2.24, 2.45) is 7.05 Å². The molecule has 2 heterocycles. The maximum atomic E-state index is 12.4. The van der Waals surface area contributed by atoms with Crippen LogP contribution >= 0.6 is 11.6 Å². The number of methoxy groups -OCH3 is 1.